The first-order valence-electron chi connectivity index (χ1n) is 8.07. The van der Waals surface area contributed by atoms with Gasteiger partial charge in [-0.05, 0) is 47.1 Å². The molecule has 0 unspecified atom stereocenters. The summed E-state index contributed by atoms with van der Waals surface area (Å²) in [6.45, 7) is 8.01. The summed E-state index contributed by atoms with van der Waals surface area (Å²) in [4.78, 5) is 2.38. The molecule has 0 aliphatic carbocycles. The van der Waals surface area contributed by atoms with Crippen molar-refractivity contribution in [1.29, 1.82) is 0 Å². The lowest BCUT2D eigenvalue weighted by atomic mass is 9.77. The fourth-order valence-electron chi connectivity index (χ4n) is 3.26. The molecule has 0 bridgehead atoms. The normalized spacial score (nSPS) is 17.3. The predicted octanol–water partition coefficient (Wildman–Crippen LogP) is 5.36. The second-order valence-corrected chi connectivity index (χ2v) is 7.03. The molecule has 0 N–H and O–H groups in total. The molecule has 0 aromatic heterocycles. The van der Waals surface area contributed by atoms with E-state index in [1.54, 1.807) is 0 Å². The summed E-state index contributed by atoms with van der Waals surface area (Å²) in [6.07, 6.45) is 3.50. The highest BCUT2D eigenvalue weighted by Crippen LogP contribution is 2.39. The standard InChI is InChI=1S/C21H25N/c1-16(18-8-6-5-7-9-18)14-17-10-11-19-20(15-17)22(4)13-12-21(19,2)3/h5-11,14-15H,12-13H2,1-4H3. The summed E-state index contributed by atoms with van der Waals surface area (Å²) in [5, 5.41) is 0. The monoisotopic (exact) mass is 291 g/mol. The summed E-state index contributed by atoms with van der Waals surface area (Å²) >= 11 is 0. The first kappa shape index (κ1) is 14.9. The Morgan fingerprint density at radius 2 is 1.82 bits per heavy atom. The van der Waals surface area contributed by atoms with Gasteiger partial charge in [0.15, 0.2) is 0 Å². The molecule has 0 spiro atoms. The molecule has 114 valence electrons. The second kappa shape index (κ2) is 5.64. The molecule has 0 atom stereocenters. The zero-order chi connectivity index (χ0) is 15.7. The summed E-state index contributed by atoms with van der Waals surface area (Å²) in [5.41, 5.74) is 7.00. The zero-order valence-electron chi connectivity index (χ0n) is 14.1. The molecule has 0 fully saturated rings. The molecule has 1 heterocycles. The van der Waals surface area contributed by atoms with Crippen LogP contribution in [0, 0.1) is 0 Å². The average Bonchev–Trinajstić information content (AvgIpc) is 2.52. The molecule has 3 rings (SSSR count). The molecular weight excluding hydrogens is 266 g/mol. The van der Waals surface area contributed by atoms with Crippen LogP contribution in [0.15, 0.2) is 48.5 Å². The van der Waals surface area contributed by atoms with Gasteiger partial charge in [-0.25, -0.2) is 0 Å². The minimum Gasteiger partial charge on any atom is -0.374 e. The van der Waals surface area contributed by atoms with Crippen molar-refractivity contribution in [2.24, 2.45) is 0 Å². The van der Waals surface area contributed by atoms with Gasteiger partial charge in [-0.3, -0.25) is 0 Å². The van der Waals surface area contributed by atoms with E-state index >= 15 is 0 Å². The van der Waals surface area contributed by atoms with E-state index in [2.05, 4.69) is 87.3 Å². The molecule has 22 heavy (non-hydrogen) atoms. The van der Waals surface area contributed by atoms with Crippen LogP contribution in [0.1, 0.15) is 43.9 Å². The molecule has 0 amide bonds. The van der Waals surface area contributed by atoms with E-state index < -0.39 is 0 Å². The molecule has 1 aliphatic rings. The number of hydrogen-bond acceptors (Lipinski definition) is 1. The van der Waals surface area contributed by atoms with Crippen LogP contribution in [0.2, 0.25) is 0 Å². The summed E-state index contributed by atoms with van der Waals surface area (Å²) in [5.74, 6) is 0. The van der Waals surface area contributed by atoms with Crippen molar-refractivity contribution < 1.29 is 0 Å². The van der Waals surface area contributed by atoms with Gasteiger partial charge in [-0.2, -0.15) is 0 Å². The Morgan fingerprint density at radius 3 is 2.55 bits per heavy atom. The van der Waals surface area contributed by atoms with Gasteiger partial charge in [0, 0.05) is 19.3 Å². The highest BCUT2D eigenvalue weighted by molar-refractivity contribution is 5.81. The molecule has 0 radical (unpaired) electrons. The van der Waals surface area contributed by atoms with Gasteiger partial charge < -0.3 is 4.90 Å². The fraction of sp³-hybridized carbons (Fsp3) is 0.333. The Bertz CT molecular complexity index is 695. The first-order chi connectivity index (χ1) is 10.5. The van der Waals surface area contributed by atoms with E-state index in [-0.39, 0.29) is 5.41 Å². The topological polar surface area (TPSA) is 3.24 Å². The van der Waals surface area contributed by atoms with Crippen LogP contribution in [0.25, 0.3) is 11.6 Å². The van der Waals surface area contributed by atoms with E-state index in [9.17, 15) is 0 Å². The van der Waals surface area contributed by atoms with Crippen LogP contribution >= 0.6 is 0 Å². The van der Waals surface area contributed by atoms with Crippen molar-refractivity contribution in [3.63, 3.8) is 0 Å². The predicted molar refractivity (Wildman–Crippen MR) is 97.3 cm³/mol. The van der Waals surface area contributed by atoms with Crippen molar-refractivity contribution in [2.45, 2.75) is 32.6 Å². The Balaban J connectivity index is 1.99. The third-order valence-electron chi connectivity index (χ3n) is 4.85. The molecule has 1 heteroatoms. The van der Waals surface area contributed by atoms with Crippen LogP contribution in [-0.2, 0) is 5.41 Å². The number of rotatable bonds is 2. The van der Waals surface area contributed by atoms with Crippen LogP contribution in [0.3, 0.4) is 0 Å². The van der Waals surface area contributed by atoms with E-state index in [1.165, 1.54) is 34.4 Å². The van der Waals surface area contributed by atoms with Gasteiger partial charge in [-0.1, -0.05) is 62.4 Å². The summed E-state index contributed by atoms with van der Waals surface area (Å²) in [6, 6.07) is 17.5. The summed E-state index contributed by atoms with van der Waals surface area (Å²) in [7, 11) is 2.20. The summed E-state index contributed by atoms with van der Waals surface area (Å²) < 4.78 is 0. The van der Waals surface area contributed by atoms with Crippen LogP contribution in [0.5, 0.6) is 0 Å². The minimum atomic E-state index is 0.276. The van der Waals surface area contributed by atoms with Gasteiger partial charge in [0.1, 0.15) is 0 Å². The molecule has 0 saturated carbocycles. The van der Waals surface area contributed by atoms with Crippen LogP contribution in [0.4, 0.5) is 5.69 Å². The Kier molecular flexibility index (Phi) is 3.82. The maximum Gasteiger partial charge on any atom is 0.0407 e. The van der Waals surface area contributed by atoms with Gasteiger partial charge >= 0.3 is 0 Å². The Morgan fingerprint density at radius 1 is 1.09 bits per heavy atom. The first-order valence-corrected chi connectivity index (χ1v) is 8.07. The molecular formula is C21H25N. The van der Waals surface area contributed by atoms with Crippen molar-refractivity contribution >= 4 is 17.3 Å². The fourth-order valence-corrected chi connectivity index (χ4v) is 3.26. The molecule has 2 aromatic rings. The van der Waals surface area contributed by atoms with Crippen molar-refractivity contribution in [3.05, 3.63) is 65.2 Å². The Hall–Kier alpha value is -2.02. The number of anilines is 1. The largest absolute Gasteiger partial charge is 0.374 e. The smallest absolute Gasteiger partial charge is 0.0407 e. The number of allylic oxidation sites excluding steroid dienone is 1. The number of benzene rings is 2. The lowest BCUT2D eigenvalue weighted by Gasteiger charge is -2.38. The third-order valence-corrected chi connectivity index (χ3v) is 4.85. The van der Waals surface area contributed by atoms with Gasteiger partial charge in [0.2, 0.25) is 0 Å². The quantitative estimate of drug-likeness (QED) is 0.673. The number of hydrogen-bond donors (Lipinski definition) is 0. The number of nitrogens with zero attached hydrogens (tertiary/aromatic N) is 1. The van der Waals surface area contributed by atoms with E-state index in [1.807, 2.05) is 0 Å². The van der Waals surface area contributed by atoms with Gasteiger partial charge in [0.25, 0.3) is 0 Å². The lowest BCUT2D eigenvalue weighted by molar-refractivity contribution is 0.462. The molecule has 1 aliphatic heterocycles. The van der Waals surface area contributed by atoms with Crippen molar-refractivity contribution in [3.8, 4) is 0 Å². The van der Waals surface area contributed by atoms with Crippen LogP contribution in [-0.4, -0.2) is 13.6 Å². The molecule has 0 saturated heterocycles. The van der Waals surface area contributed by atoms with Gasteiger partial charge in [0.05, 0.1) is 0 Å². The number of fused-ring (bicyclic) bond motifs is 1. The van der Waals surface area contributed by atoms with Crippen molar-refractivity contribution in [1.82, 2.24) is 0 Å². The van der Waals surface area contributed by atoms with E-state index in [0.717, 1.165) is 6.54 Å². The van der Waals surface area contributed by atoms with E-state index in [4.69, 9.17) is 0 Å². The maximum atomic E-state index is 2.38. The molecule has 2 aromatic carbocycles. The zero-order valence-corrected chi connectivity index (χ0v) is 14.1. The minimum absolute atomic E-state index is 0.276. The van der Waals surface area contributed by atoms with E-state index in [0.29, 0.717) is 0 Å². The Labute approximate surface area is 134 Å². The van der Waals surface area contributed by atoms with Crippen molar-refractivity contribution in [2.75, 3.05) is 18.5 Å². The maximum absolute atomic E-state index is 2.38. The average molecular weight is 291 g/mol. The van der Waals surface area contributed by atoms with Gasteiger partial charge in [-0.15, -0.1) is 0 Å². The van der Waals surface area contributed by atoms with Crippen LogP contribution < -0.4 is 4.90 Å². The second-order valence-electron chi connectivity index (χ2n) is 7.03. The lowest BCUT2D eigenvalue weighted by Crippen LogP contribution is -2.34. The SMILES string of the molecule is CC(=Cc1ccc2c(c1)N(C)CCC2(C)C)c1ccccc1. The molecule has 1 nitrogen and oxygen atoms in total. The highest BCUT2D eigenvalue weighted by atomic mass is 15.1. The third kappa shape index (κ3) is 2.81. The highest BCUT2D eigenvalue weighted by Gasteiger charge is 2.29.